The highest BCUT2D eigenvalue weighted by Gasteiger charge is 2.35. The molecule has 1 saturated carbocycles. The molecule has 0 atom stereocenters. The number of aliphatic hydroxyl groups excluding tert-OH is 1. The van der Waals surface area contributed by atoms with Crippen molar-refractivity contribution in [3.63, 3.8) is 0 Å². The molecule has 2 aliphatic rings. The van der Waals surface area contributed by atoms with Gasteiger partial charge in [-0.25, -0.2) is 0 Å². The Morgan fingerprint density at radius 2 is 1.89 bits per heavy atom. The van der Waals surface area contributed by atoms with Crippen LogP contribution in [0.1, 0.15) is 67.3 Å². The van der Waals surface area contributed by atoms with Gasteiger partial charge in [-0.1, -0.05) is 30.1 Å². The van der Waals surface area contributed by atoms with Crippen LogP contribution in [0.3, 0.4) is 0 Å². The number of aliphatic hydroxyl groups is 1. The molecule has 6 heteroatoms. The van der Waals surface area contributed by atoms with E-state index in [4.69, 9.17) is 14.5 Å². The molecule has 0 unspecified atom stereocenters. The average Bonchev–Trinajstić information content (AvgIpc) is 3.56. The van der Waals surface area contributed by atoms with Crippen molar-refractivity contribution in [1.29, 1.82) is 5.26 Å². The maximum Gasteiger partial charge on any atom is 0.173 e. The molecule has 2 aromatic carbocycles. The third kappa shape index (κ3) is 5.43. The van der Waals surface area contributed by atoms with E-state index in [-0.39, 0.29) is 5.41 Å². The van der Waals surface area contributed by atoms with Gasteiger partial charge in [0.05, 0.1) is 17.3 Å². The minimum atomic E-state index is 0.162. The molecule has 6 nitrogen and oxygen atoms in total. The highest BCUT2D eigenvalue weighted by Crippen LogP contribution is 2.39. The quantitative estimate of drug-likeness (QED) is 0.412. The third-order valence-electron chi connectivity index (χ3n) is 8.45. The lowest BCUT2D eigenvalue weighted by atomic mass is 9.84. The van der Waals surface area contributed by atoms with Gasteiger partial charge in [0.2, 0.25) is 0 Å². The van der Waals surface area contributed by atoms with E-state index in [1.54, 1.807) is 0 Å². The van der Waals surface area contributed by atoms with Gasteiger partial charge in [0, 0.05) is 29.5 Å². The van der Waals surface area contributed by atoms with Gasteiger partial charge in [-0.05, 0) is 94.3 Å². The maximum absolute atomic E-state index is 9.95. The van der Waals surface area contributed by atoms with Crippen LogP contribution in [0.15, 0.2) is 40.9 Å². The fraction of sp³-hybridized carbons (Fsp3) is 0.533. The van der Waals surface area contributed by atoms with Crippen LogP contribution in [-0.4, -0.2) is 41.4 Å². The average molecular weight is 488 g/mol. The SMILES string of the molecule is Cc1c(OCc2ccc(C#N)cc2)ccc2c(CCC3CCN(CC4(CO)CCCC4)CC3)noc12. The molecule has 0 amide bonds. The van der Waals surface area contributed by atoms with Crippen LogP contribution in [0.25, 0.3) is 11.0 Å². The summed E-state index contributed by atoms with van der Waals surface area (Å²) in [6.45, 7) is 6.16. The number of hydrogen-bond donors (Lipinski definition) is 1. The van der Waals surface area contributed by atoms with Gasteiger partial charge in [-0.15, -0.1) is 0 Å². The van der Waals surface area contributed by atoms with Crippen LogP contribution in [0, 0.1) is 29.6 Å². The number of piperidine rings is 1. The normalized spacial score (nSPS) is 18.5. The minimum absolute atomic E-state index is 0.162. The van der Waals surface area contributed by atoms with Crippen LogP contribution in [0.2, 0.25) is 0 Å². The highest BCUT2D eigenvalue weighted by atomic mass is 16.5. The lowest BCUT2D eigenvalue weighted by Gasteiger charge is -2.38. The van der Waals surface area contributed by atoms with Crippen LogP contribution < -0.4 is 4.74 Å². The Hall–Kier alpha value is -2.88. The largest absolute Gasteiger partial charge is 0.488 e. The van der Waals surface area contributed by atoms with Gasteiger partial charge in [0.25, 0.3) is 0 Å². The van der Waals surface area contributed by atoms with Crippen molar-refractivity contribution in [3.8, 4) is 11.8 Å². The van der Waals surface area contributed by atoms with Crippen molar-refractivity contribution < 1.29 is 14.4 Å². The summed E-state index contributed by atoms with van der Waals surface area (Å²) in [5.74, 6) is 1.52. The first kappa shape index (κ1) is 24.8. The molecular formula is C30H37N3O3. The topological polar surface area (TPSA) is 82.5 Å². The minimum Gasteiger partial charge on any atom is -0.488 e. The maximum atomic E-state index is 9.95. The molecular weight excluding hydrogens is 450 g/mol. The second-order valence-electron chi connectivity index (χ2n) is 10.9. The van der Waals surface area contributed by atoms with Crippen molar-refractivity contribution in [2.75, 3.05) is 26.2 Å². The van der Waals surface area contributed by atoms with Crippen molar-refractivity contribution in [2.45, 2.75) is 64.9 Å². The van der Waals surface area contributed by atoms with Gasteiger partial charge in [-0.3, -0.25) is 0 Å². The summed E-state index contributed by atoms with van der Waals surface area (Å²) >= 11 is 0. The van der Waals surface area contributed by atoms with Gasteiger partial charge >= 0.3 is 0 Å². The fourth-order valence-electron chi connectivity index (χ4n) is 6.08. The van der Waals surface area contributed by atoms with Crippen molar-refractivity contribution in [3.05, 3.63) is 58.8 Å². The predicted octanol–water partition coefficient (Wildman–Crippen LogP) is 5.78. The molecule has 2 fully saturated rings. The van der Waals surface area contributed by atoms with E-state index in [1.165, 1.54) is 38.5 Å². The first-order valence-corrected chi connectivity index (χ1v) is 13.4. The Kier molecular flexibility index (Phi) is 7.59. The molecule has 0 bridgehead atoms. The Morgan fingerprint density at radius 1 is 1.14 bits per heavy atom. The van der Waals surface area contributed by atoms with E-state index >= 15 is 0 Å². The van der Waals surface area contributed by atoms with Crippen molar-refractivity contribution >= 4 is 11.0 Å². The number of fused-ring (bicyclic) bond motifs is 1. The second-order valence-corrected chi connectivity index (χ2v) is 10.9. The summed E-state index contributed by atoms with van der Waals surface area (Å²) in [5.41, 5.74) is 4.65. The zero-order valence-corrected chi connectivity index (χ0v) is 21.3. The van der Waals surface area contributed by atoms with E-state index in [1.807, 2.05) is 37.3 Å². The number of likely N-dealkylation sites (tertiary alicyclic amines) is 1. The molecule has 0 radical (unpaired) electrons. The zero-order chi connectivity index (χ0) is 25.0. The number of aryl methyl sites for hydroxylation is 2. The molecule has 3 aromatic rings. The Bertz CT molecular complexity index is 1200. The lowest BCUT2D eigenvalue weighted by Crippen LogP contribution is -2.42. The first-order chi connectivity index (χ1) is 17.6. The Morgan fingerprint density at radius 3 is 2.58 bits per heavy atom. The summed E-state index contributed by atoms with van der Waals surface area (Å²) in [6, 6.07) is 13.7. The molecule has 5 rings (SSSR count). The molecule has 36 heavy (non-hydrogen) atoms. The number of hydrogen-bond acceptors (Lipinski definition) is 6. The molecule has 1 aromatic heterocycles. The predicted molar refractivity (Wildman–Crippen MR) is 140 cm³/mol. The zero-order valence-electron chi connectivity index (χ0n) is 21.3. The van der Waals surface area contributed by atoms with Crippen molar-refractivity contribution in [1.82, 2.24) is 10.1 Å². The second kappa shape index (κ2) is 11.0. The number of rotatable bonds is 9. The van der Waals surface area contributed by atoms with Crippen LogP contribution in [0.4, 0.5) is 0 Å². The Balaban J connectivity index is 1.14. The Labute approximate surface area is 213 Å². The molecule has 1 N–H and O–H groups in total. The van der Waals surface area contributed by atoms with Crippen molar-refractivity contribution in [2.24, 2.45) is 11.3 Å². The number of nitriles is 1. The summed E-state index contributed by atoms with van der Waals surface area (Å²) < 4.78 is 11.8. The highest BCUT2D eigenvalue weighted by molar-refractivity contribution is 5.84. The standard InChI is InChI=1S/C30H37N3O3/c1-22-28(35-19-25-6-4-24(18-31)5-7-25)11-9-26-27(32-36-29(22)26)10-8-23-12-16-33(17-13-23)20-30(21-34)14-2-3-15-30/h4-7,9,11,23,34H,2-3,8,10,12-17,19-21H2,1H3. The van der Waals surface area contributed by atoms with Crippen LogP contribution >= 0.6 is 0 Å². The van der Waals surface area contributed by atoms with E-state index in [2.05, 4.69) is 22.2 Å². The van der Waals surface area contributed by atoms with Gasteiger partial charge < -0.3 is 19.3 Å². The van der Waals surface area contributed by atoms with Gasteiger partial charge in [0.1, 0.15) is 12.4 Å². The molecule has 0 spiro atoms. The number of benzene rings is 2. The van der Waals surface area contributed by atoms with E-state index < -0.39 is 0 Å². The third-order valence-corrected chi connectivity index (χ3v) is 8.45. The first-order valence-electron chi connectivity index (χ1n) is 13.4. The van der Waals surface area contributed by atoms with E-state index in [0.717, 1.165) is 71.9 Å². The smallest absolute Gasteiger partial charge is 0.173 e. The summed E-state index contributed by atoms with van der Waals surface area (Å²) in [7, 11) is 0. The summed E-state index contributed by atoms with van der Waals surface area (Å²) in [6.07, 6.45) is 9.43. The molecule has 2 heterocycles. The molecule has 190 valence electrons. The van der Waals surface area contributed by atoms with Crippen LogP contribution in [-0.2, 0) is 13.0 Å². The summed E-state index contributed by atoms with van der Waals surface area (Å²) in [5, 5.41) is 24.4. The fourth-order valence-corrected chi connectivity index (χ4v) is 6.08. The van der Waals surface area contributed by atoms with Gasteiger partial charge in [-0.2, -0.15) is 5.26 Å². The summed E-state index contributed by atoms with van der Waals surface area (Å²) in [4.78, 5) is 2.59. The van der Waals surface area contributed by atoms with E-state index in [9.17, 15) is 5.11 Å². The number of nitrogens with zero attached hydrogens (tertiary/aromatic N) is 3. The van der Waals surface area contributed by atoms with Crippen LogP contribution in [0.5, 0.6) is 5.75 Å². The lowest BCUT2D eigenvalue weighted by molar-refractivity contribution is 0.0602. The molecule has 1 aliphatic carbocycles. The monoisotopic (exact) mass is 487 g/mol. The molecule has 1 saturated heterocycles. The van der Waals surface area contributed by atoms with Gasteiger partial charge in [0.15, 0.2) is 5.58 Å². The van der Waals surface area contributed by atoms with E-state index in [0.29, 0.717) is 18.8 Å². The number of aromatic nitrogens is 1. The number of ether oxygens (including phenoxy) is 1. The molecule has 1 aliphatic heterocycles.